The van der Waals surface area contributed by atoms with Gasteiger partial charge in [0, 0.05) is 61.1 Å². The number of halogens is 3. The van der Waals surface area contributed by atoms with Crippen molar-refractivity contribution in [2.75, 3.05) is 32.1 Å². The molecule has 4 fully saturated rings. The maximum Gasteiger partial charge on any atom is 0.416 e. The van der Waals surface area contributed by atoms with E-state index in [0.717, 1.165) is 44.2 Å². The molecule has 4 atom stereocenters. The van der Waals surface area contributed by atoms with Crippen LogP contribution in [0.1, 0.15) is 124 Å². The number of nitrogens with zero attached hydrogens (tertiary/aromatic N) is 4. The highest BCUT2D eigenvalue weighted by Gasteiger charge is 2.44. The molecule has 3 saturated carbocycles. The maximum atomic E-state index is 14.1. The molecule has 1 aromatic carbocycles. The lowest BCUT2D eigenvalue weighted by molar-refractivity contribution is -0.137. The van der Waals surface area contributed by atoms with Gasteiger partial charge in [0.2, 0.25) is 23.6 Å². The number of alkyl halides is 3. The van der Waals surface area contributed by atoms with Gasteiger partial charge in [-0.2, -0.15) is 13.2 Å². The summed E-state index contributed by atoms with van der Waals surface area (Å²) in [6, 6.07) is 2.51. The molecule has 1 saturated heterocycles. The molecule has 5 N–H and O–H groups in total. The average Bonchev–Trinajstić information content (AvgIpc) is 3.63. The largest absolute Gasteiger partial charge is 0.444 e. The number of nitrogens with one attached hydrogen (secondary N) is 5. The summed E-state index contributed by atoms with van der Waals surface area (Å²) in [4.78, 5) is 77.5. The van der Waals surface area contributed by atoms with Gasteiger partial charge in [0.1, 0.15) is 23.8 Å². The number of carbonyl (C=O) groups is 5. The van der Waals surface area contributed by atoms with Crippen LogP contribution in [-0.2, 0) is 34.8 Å². The van der Waals surface area contributed by atoms with Crippen LogP contribution in [0.15, 0.2) is 36.7 Å². The Bertz CT molecular complexity index is 2070. The highest BCUT2D eigenvalue weighted by Crippen LogP contribution is 2.35. The molecule has 0 spiro atoms. The molecule has 0 unspecified atom stereocenters. The van der Waals surface area contributed by atoms with E-state index < -0.39 is 29.5 Å². The molecule has 0 radical (unpaired) electrons. The van der Waals surface area contributed by atoms with Crippen LogP contribution in [0, 0.1) is 5.92 Å². The zero-order chi connectivity index (χ0) is 48.5. The monoisotopic (exact) mass is 942 g/mol. The van der Waals surface area contributed by atoms with E-state index in [-0.39, 0.29) is 96.1 Å². The molecule has 2 aromatic rings. The normalized spacial score (nSPS) is 26.2. The Morgan fingerprint density at radius 3 is 2.30 bits per heavy atom. The number of rotatable bonds is 16. The lowest BCUT2D eigenvalue weighted by atomic mass is 9.82. The lowest BCUT2D eigenvalue weighted by Gasteiger charge is -2.45. The highest BCUT2D eigenvalue weighted by molar-refractivity contribution is 5.93. The van der Waals surface area contributed by atoms with E-state index in [2.05, 4.69) is 62.3 Å². The smallest absolute Gasteiger partial charge is 0.416 e. The quantitative estimate of drug-likeness (QED) is 0.124. The van der Waals surface area contributed by atoms with Crippen LogP contribution in [0.4, 0.5) is 23.8 Å². The molecule has 0 bridgehead atoms. The van der Waals surface area contributed by atoms with Crippen LogP contribution in [0.25, 0.3) is 10.9 Å². The third-order valence-corrected chi connectivity index (χ3v) is 13.6. The van der Waals surface area contributed by atoms with E-state index >= 15 is 0 Å². The van der Waals surface area contributed by atoms with Gasteiger partial charge in [-0.3, -0.25) is 19.2 Å². The van der Waals surface area contributed by atoms with Crippen molar-refractivity contribution in [1.29, 1.82) is 0 Å². The molecule has 67 heavy (non-hydrogen) atoms. The number of anilines is 1. The topological polar surface area (TPSA) is 196 Å². The fraction of sp³-hybridized carbons (Fsp3) is 0.688. The molecule has 16 nitrogen and oxygen atoms in total. The Morgan fingerprint density at radius 2 is 1.61 bits per heavy atom. The predicted octanol–water partition coefficient (Wildman–Crippen LogP) is 6.00. The second-order valence-corrected chi connectivity index (χ2v) is 19.9. The third kappa shape index (κ3) is 14.7. The minimum atomic E-state index is -4.55. The van der Waals surface area contributed by atoms with Gasteiger partial charge >= 0.3 is 12.3 Å². The van der Waals surface area contributed by atoms with Gasteiger partial charge in [-0.15, -0.1) is 0 Å². The van der Waals surface area contributed by atoms with Crippen molar-refractivity contribution in [2.24, 2.45) is 5.92 Å². The molecule has 370 valence electrons. The molecular formula is C48H70F3N9O7. The first kappa shape index (κ1) is 51.4. The molecule has 1 aromatic heterocycles. The van der Waals surface area contributed by atoms with Gasteiger partial charge in [0.15, 0.2) is 0 Å². The van der Waals surface area contributed by atoms with E-state index in [1.165, 1.54) is 18.5 Å². The molecule has 6 rings (SSSR count). The lowest BCUT2D eigenvalue weighted by Crippen LogP contribution is -2.59. The van der Waals surface area contributed by atoms with E-state index in [1.807, 2.05) is 4.90 Å². The standard InChI is InChI=1S/C48H70F3N9O7/c1-29(2)59(6)34-16-20-40(60-24-22-38(45(60)64)57-43-36-26-31(48(49,50)51)11-19-37(36)53-28-54-43)39(27-34)58-44(63)30-9-12-32(13-10-30)55-41(61)8-7-25-66-35-17-14-33(15-18-35)56-42(62)21-23-52-46(65)67-47(3,4)5/h7-8,11,19,26,28-30,32-35,38-40H,9-10,12-18,20-25,27H2,1-6H3,(H,52,65)(H,55,61)(H,56,62)(H,58,63)(H,53,54,57)/b8-7+/t30-,32+,33-,34-,35-,38+,39-,40+/m1/s1. The summed E-state index contributed by atoms with van der Waals surface area (Å²) in [5, 5.41) is 15.4. The highest BCUT2D eigenvalue weighted by atomic mass is 19.4. The minimum Gasteiger partial charge on any atom is -0.444 e. The number of ether oxygens (including phenoxy) is 2. The second kappa shape index (κ2) is 22.8. The first-order valence-electron chi connectivity index (χ1n) is 24.0. The van der Waals surface area contributed by atoms with Gasteiger partial charge in [0.25, 0.3) is 0 Å². The zero-order valence-corrected chi connectivity index (χ0v) is 39.8. The second-order valence-electron chi connectivity index (χ2n) is 19.9. The summed E-state index contributed by atoms with van der Waals surface area (Å²) in [6.07, 6.45) is 7.85. The molecule has 1 aliphatic heterocycles. The van der Waals surface area contributed by atoms with Crippen molar-refractivity contribution in [2.45, 2.75) is 178 Å². The van der Waals surface area contributed by atoms with Crippen molar-refractivity contribution < 1.29 is 46.6 Å². The van der Waals surface area contributed by atoms with Gasteiger partial charge in [-0.05, 0) is 137 Å². The van der Waals surface area contributed by atoms with E-state index in [9.17, 15) is 37.1 Å². The number of hydrogen-bond acceptors (Lipinski definition) is 11. The minimum absolute atomic E-state index is 0.0318. The Labute approximate surface area is 391 Å². The van der Waals surface area contributed by atoms with Crippen LogP contribution in [0.5, 0.6) is 0 Å². The molecule has 3 aliphatic carbocycles. The third-order valence-electron chi connectivity index (χ3n) is 13.6. The Morgan fingerprint density at radius 1 is 0.910 bits per heavy atom. The summed E-state index contributed by atoms with van der Waals surface area (Å²) in [6.45, 7) is 10.5. The average molecular weight is 942 g/mol. The fourth-order valence-corrected chi connectivity index (χ4v) is 9.79. The van der Waals surface area contributed by atoms with Crippen molar-refractivity contribution in [3.05, 3.63) is 42.2 Å². The van der Waals surface area contributed by atoms with E-state index in [4.69, 9.17) is 9.47 Å². The molecule has 5 amide bonds. The first-order valence-corrected chi connectivity index (χ1v) is 24.0. The van der Waals surface area contributed by atoms with Crippen molar-refractivity contribution in [3.63, 3.8) is 0 Å². The Kier molecular flexibility index (Phi) is 17.5. The summed E-state index contributed by atoms with van der Waals surface area (Å²) >= 11 is 0. The van der Waals surface area contributed by atoms with Crippen molar-refractivity contribution in [3.8, 4) is 0 Å². The van der Waals surface area contributed by atoms with Crippen LogP contribution < -0.4 is 26.6 Å². The van der Waals surface area contributed by atoms with Gasteiger partial charge in [-0.1, -0.05) is 6.08 Å². The number of carbonyl (C=O) groups excluding carboxylic acids is 5. The van der Waals surface area contributed by atoms with Gasteiger partial charge in [-0.25, -0.2) is 14.8 Å². The molecule has 19 heteroatoms. The number of aromatic nitrogens is 2. The van der Waals surface area contributed by atoms with Crippen molar-refractivity contribution >= 4 is 46.4 Å². The number of amides is 5. The zero-order valence-electron chi connectivity index (χ0n) is 39.8. The summed E-state index contributed by atoms with van der Waals surface area (Å²) in [7, 11) is 2.08. The van der Waals surface area contributed by atoms with Crippen LogP contribution in [-0.4, -0.2) is 130 Å². The summed E-state index contributed by atoms with van der Waals surface area (Å²) in [5.41, 5.74) is -1.09. The maximum absolute atomic E-state index is 14.1. The summed E-state index contributed by atoms with van der Waals surface area (Å²) in [5.74, 6) is -0.633. The molecule has 2 heterocycles. The van der Waals surface area contributed by atoms with E-state index in [1.54, 1.807) is 26.8 Å². The van der Waals surface area contributed by atoms with Crippen LogP contribution >= 0.6 is 0 Å². The predicted molar refractivity (Wildman–Crippen MR) is 247 cm³/mol. The van der Waals surface area contributed by atoms with Gasteiger partial charge < -0.3 is 45.9 Å². The number of likely N-dealkylation sites (tertiary alicyclic amines) is 1. The molecule has 4 aliphatic rings. The van der Waals surface area contributed by atoms with Crippen molar-refractivity contribution in [1.82, 2.24) is 41.0 Å². The number of fused-ring (bicyclic) bond motifs is 1. The van der Waals surface area contributed by atoms with Crippen LogP contribution in [0.3, 0.4) is 0 Å². The van der Waals surface area contributed by atoms with Crippen LogP contribution in [0.2, 0.25) is 0 Å². The number of hydrogen-bond donors (Lipinski definition) is 5. The van der Waals surface area contributed by atoms with Gasteiger partial charge in [0.05, 0.1) is 35.9 Å². The first-order chi connectivity index (χ1) is 31.7. The molecular weight excluding hydrogens is 872 g/mol. The fourth-order valence-electron chi connectivity index (χ4n) is 9.79. The van der Waals surface area contributed by atoms with E-state index in [0.29, 0.717) is 63.6 Å². The number of benzene rings is 1. The number of alkyl carbamates (subject to hydrolysis) is 1. The SMILES string of the molecule is CC(C)N(C)[C@@H]1CC[C@H](N2CC[C@H](Nc3ncnc4ccc(C(F)(F)F)cc34)C2=O)[C@H](NC(=O)[C@H]2CC[C@@H](NC(=O)/C=C/CO[C@H]3CC[C@H](NC(=O)CCNC(=O)OC(C)(C)C)CC3)CC2)C1. The summed E-state index contributed by atoms with van der Waals surface area (Å²) < 4.78 is 51.9. The Balaban J connectivity index is 0.927. The Hall–Kier alpha value is -5.04.